The van der Waals surface area contributed by atoms with Gasteiger partial charge in [0.1, 0.15) is 0 Å². The molecule has 0 saturated carbocycles. The monoisotopic (exact) mass is 186 g/mol. The van der Waals surface area contributed by atoms with Crippen molar-refractivity contribution in [2.75, 3.05) is 6.61 Å². The smallest absolute Gasteiger partial charge is 0.293 e. The Balaban J connectivity index is 3.25. The van der Waals surface area contributed by atoms with E-state index in [0.717, 1.165) is 12.3 Å². The fourth-order valence-corrected chi connectivity index (χ4v) is 1.31. The summed E-state index contributed by atoms with van der Waals surface area (Å²) >= 11 is 0. The third-order valence-electron chi connectivity index (χ3n) is 2.54. The predicted molar refractivity (Wildman–Crippen MR) is 54.5 cm³/mol. The van der Waals surface area contributed by atoms with Crippen molar-refractivity contribution in [2.24, 2.45) is 11.8 Å². The molecule has 0 rings (SSSR count). The summed E-state index contributed by atoms with van der Waals surface area (Å²) in [6.45, 7) is 7.74. The Morgan fingerprint density at radius 2 is 1.85 bits per heavy atom. The van der Waals surface area contributed by atoms with E-state index in [-0.39, 0.29) is 0 Å². The largest absolute Gasteiger partial charge is 0.468 e. The van der Waals surface area contributed by atoms with Gasteiger partial charge in [-0.25, -0.2) is 0 Å². The highest BCUT2D eigenvalue weighted by atomic mass is 16.5. The summed E-state index contributed by atoms with van der Waals surface area (Å²) in [7, 11) is 0. The Hall–Kier alpha value is -0.530. The summed E-state index contributed by atoms with van der Waals surface area (Å²) in [6.07, 6.45) is 4.97. The molecule has 0 fully saturated rings. The van der Waals surface area contributed by atoms with Crippen molar-refractivity contribution in [2.45, 2.75) is 46.5 Å². The average molecular weight is 186 g/mol. The van der Waals surface area contributed by atoms with Gasteiger partial charge in [-0.05, 0) is 18.3 Å². The van der Waals surface area contributed by atoms with Gasteiger partial charge in [-0.15, -0.1) is 0 Å². The van der Waals surface area contributed by atoms with Crippen molar-refractivity contribution in [3.05, 3.63) is 0 Å². The molecule has 78 valence electrons. The van der Waals surface area contributed by atoms with Crippen LogP contribution in [0.15, 0.2) is 0 Å². The molecule has 0 radical (unpaired) electrons. The molecule has 0 aromatic heterocycles. The Kier molecular flexibility index (Phi) is 7.76. The first-order chi connectivity index (χ1) is 6.20. The highest BCUT2D eigenvalue weighted by Gasteiger charge is 2.04. The molecule has 0 N–H and O–H groups in total. The van der Waals surface area contributed by atoms with Crippen LogP contribution in [0, 0.1) is 11.8 Å². The Labute approximate surface area is 81.7 Å². The van der Waals surface area contributed by atoms with Crippen molar-refractivity contribution in [1.29, 1.82) is 0 Å². The first kappa shape index (κ1) is 12.5. The molecule has 0 spiro atoms. The van der Waals surface area contributed by atoms with E-state index in [9.17, 15) is 4.79 Å². The summed E-state index contributed by atoms with van der Waals surface area (Å²) in [6, 6.07) is 0. The molecule has 2 nitrogen and oxygen atoms in total. The molecule has 0 bridgehead atoms. The van der Waals surface area contributed by atoms with Crippen molar-refractivity contribution in [1.82, 2.24) is 0 Å². The maximum atomic E-state index is 9.92. The fourth-order valence-electron chi connectivity index (χ4n) is 1.31. The first-order valence-corrected chi connectivity index (χ1v) is 5.25. The molecule has 0 aliphatic rings. The zero-order chi connectivity index (χ0) is 10.1. The van der Waals surface area contributed by atoms with E-state index < -0.39 is 0 Å². The van der Waals surface area contributed by atoms with E-state index in [1.165, 1.54) is 19.3 Å². The number of rotatable bonds is 8. The van der Waals surface area contributed by atoms with Crippen LogP contribution in [0.3, 0.4) is 0 Å². The molecule has 0 unspecified atom stereocenters. The number of carbonyl (C=O) groups excluding carboxylic acids is 1. The molecule has 0 aliphatic carbocycles. The predicted octanol–water partition coefficient (Wildman–Crippen LogP) is 3.01. The standard InChI is InChI=1S/C11H22O2/c1-4-10(2)6-5-7-11(3)8-13-9-12/h9-11H,4-8H2,1-3H3/t10-,11-/m0/s1. The van der Waals surface area contributed by atoms with Gasteiger partial charge >= 0.3 is 0 Å². The van der Waals surface area contributed by atoms with Crippen LogP contribution in [0.25, 0.3) is 0 Å². The van der Waals surface area contributed by atoms with Gasteiger partial charge in [0.05, 0.1) is 6.61 Å². The van der Waals surface area contributed by atoms with Gasteiger partial charge in [-0.1, -0.05) is 40.0 Å². The molecule has 0 heterocycles. The van der Waals surface area contributed by atoms with Crippen LogP contribution < -0.4 is 0 Å². The second kappa shape index (κ2) is 8.09. The molecule has 0 aromatic rings. The number of hydrogen-bond donors (Lipinski definition) is 0. The molecule has 13 heavy (non-hydrogen) atoms. The molecule has 2 atom stereocenters. The summed E-state index contributed by atoms with van der Waals surface area (Å²) < 4.78 is 4.70. The lowest BCUT2D eigenvalue weighted by molar-refractivity contribution is -0.129. The van der Waals surface area contributed by atoms with Crippen molar-refractivity contribution in [3.8, 4) is 0 Å². The maximum Gasteiger partial charge on any atom is 0.293 e. The van der Waals surface area contributed by atoms with Crippen LogP contribution in [0.2, 0.25) is 0 Å². The van der Waals surface area contributed by atoms with Gasteiger partial charge in [-0.2, -0.15) is 0 Å². The van der Waals surface area contributed by atoms with Crippen LogP contribution in [-0.2, 0) is 9.53 Å². The quantitative estimate of drug-likeness (QED) is 0.545. The highest BCUT2D eigenvalue weighted by Crippen LogP contribution is 2.14. The van der Waals surface area contributed by atoms with E-state index in [4.69, 9.17) is 4.74 Å². The first-order valence-electron chi connectivity index (χ1n) is 5.25. The van der Waals surface area contributed by atoms with Crippen LogP contribution in [-0.4, -0.2) is 13.1 Å². The van der Waals surface area contributed by atoms with E-state index in [2.05, 4.69) is 20.8 Å². The van der Waals surface area contributed by atoms with Gasteiger partial charge < -0.3 is 4.74 Å². The van der Waals surface area contributed by atoms with Crippen molar-refractivity contribution < 1.29 is 9.53 Å². The summed E-state index contributed by atoms with van der Waals surface area (Å²) in [5.74, 6) is 1.34. The van der Waals surface area contributed by atoms with E-state index in [1.54, 1.807) is 0 Å². The third kappa shape index (κ3) is 7.82. The Morgan fingerprint density at radius 1 is 1.23 bits per heavy atom. The minimum absolute atomic E-state index is 0.509. The normalized spacial score (nSPS) is 15.0. The van der Waals surface area contributed by atoms with Gasteiger partial charge in [0.25, 0.3) is 6.47 Å². The van der Waals surface area contributed by atoms with E-state index in [0.29, 0.717) is 19.0 Å². The topological polar surface area (TPSA) is 26.3 Å². The average Bonchev–Trinajstić information content (AvgIpc) is 2.14. The van der Waals surface area contributed by atoms with Gasteiger partial charge in [-0.3, -0.25) is 4.79 Å². The number of ether oxygens (including phenoxy) is 1. The molecular formula is C11H22O2. The van der Waals surface area contributed by atoms with Crippen LogP contribution in [0.5, 0.6) is 0 Å². The third-order valence-corrected chi connectivity index (χ3v) is 2.54. The van der Waals surface area contributed by atoms with Crippen molar-refractivity contribution in [3.63, 3.8) is 0 Å². The SMILES string of the molecule is CC[C@H](C)CCC[C@H](C)COC=O. The van der Waals surface area contributed by atoms with Gasteiger partial charge in [0, 0.05) is 0 Å². The lowest BCUT2D eigenvalue weighted by Gasteiger charge is -2.11. The highest BCUT2D eigenvalue weighted by molar-refractivity contribution is 5.36. The van der Waals surface area contributed by atoms with Crippen LogP contribution in [0.1, 0.15) is 46.5 Å². The molecule has 0 aromatic carbocycles. The molecule has 0 amide bonds. The zero-order valence-corrected chi connectivity index (χ0v) is 9.08. The molecule has 2 heteroatoms. The zero-order valence-electron chi connectivity index (χ0n) is 9.08. The second-order valence-corrected chi connectivity index (χ2v) is 3.98. The molecule has 0 saturated heterocycles. The Bertz CT molecular complexity index is 123. The minimum atomic E-state index is 0.509. The maximum absolute atomic E-state index is 9.92. The number of hydrogen-bond acceptors (Lipinski definition) is 2. The van der Waals surface area contributed by atoms with Gasteiger partial charge in [0.2, 0.25) is 0 Å². The molecule has 0 aliphatic heterocycles. The van der Waals surface area contributed by atoms with Crippen molar-refractivity contribution >= 4 is 6.47 Å². The lowest BCUT2D eigenvalue weighted by atomic mass is 9.97. The molecular weight excluding hydrogens is 164 g/mol. The Morgan fingerprint density at radius 3 is 2.38 bits per heavy atom. The van der Waals surface area contributed by atoms with Crippen LogP contribution >= 0.6 is 0 Å². The van der Waals surface area contributed by atoms with Gasteiger partial charge in [0.15, 0.2) is 0 Å². The lowest BCUT2D eigenvalue weighted by Crippen LogP contribution is -2.05. The summed E-state index contributed by atoms with van der Waals surface area (Å²) in [5, 5.41) is 0. The fraction of sp³-hybridized carbons (Fsp3) is 0.909. The number of carbonyl (C=O) groups is 1. The minimum Gasteiger partial charge on any atom is -0.468 e. The van der Waals surface area contributed by atoms with E-state index >= 15 is 0 Å². The van der Waals surface area contributed by atoms with Crippen LogP contribution in [0.4, 0.5) is 0 Å². The van der Waals surface area contributed by atoms with E-state index in [1.807, 2.05) is 0 Å². The summed E-state index contributed by atoms with van der Waals surface area (Å²) in [4.78, 5) is 9.92. The summed E-state index contributed by atoms with van der Waals surface area (Å²) in [5.41, 5.74) is 0. The second-order valence-electron chi connectivity index (χ2n) is 3.98.